The van der Waals surface area contributed by atoms with E-state index in [1.165, 1.54) is 12.5 Å². The summed E-state index contributed by atoms with van der Waals surface area (Å²) in [6.45, 7) is 4.16. The van der Waals surface area contributed by atoms with Crippen LogP contribution in [0.1, 0.15) is 24.2 Å². The van der Waals surface area contributed by atoms with Gasteiger partial charge in [0, 0.05) is 12.2 Å². The number of hydrogen-bond donors (Lipinski definition) is 1. The van der Waals surface area contributed by atoms with E-state index in [4.69, 9.17) is 11.5 Å². The molecule has 0 aliphatic heterocycles. The Morgan fingerprint density at radius 3 is 2.88 bits per heavy atom. The third kappa shape index (κ3) is 2.48. The van der Waals surface area contributed by atoms with Gasteiger partial charge < -0.3 is 10.0 Å². The summed E-state index contributed by atoms with van der Waals surface area (Å²) in [5.74, 6) is 1.79. The molecule has 84 valence electrons. The van der Waals surface area contributed by atoms with Crippen LogP contribution in [0.3, 0.4) is 0 Å². The fraction of sp³-hybridized carbons (Fsp3) is 0.364. The highest BCUT2D eigenvalue weighted by Crippen LogP contribution is 2.18. The third-order valence-corrected chi connectivity index (χ3v) is 2.08. The summed E-state index contributed by atoms with van der Waals surface area (Å²) < 4.78 is 0. The second kappa shape index (κ2) is 5.12. The molecule has 5 heteroatoms. The lowest BCUT2D eigenvalue weighted by atomic mass is 10.2. The summed E-state index contributed by atoms with van der Waals surface area (Å²) in [5.41, 5.74) is 0.0615. The molecule has 1 aromatic heterocycles. The number of aromatic carboxylic acids is 1. The van der Waals surface area contributed by atoms with E-state index in [1.807, 2.05) is 13.8 Å². The number of hydrogen-bond acceptors (Lipinski definition) is 4. The minimum absolute atomic E-state index is 0.0615. The standard InChI is InChI=1S/C11H13N3O2/c1-4-5-14(8(2)3)10-9(11(15)16)6-12-7-13-10/h1,6-8H,5H2,2-3H3,(H,15,16). The van der Waals surface area contributed by atoms with E-state index in [1.54, 1.807) is 4.90 Å². The van der Waals surface area contributed by atoms with Gasteiger partial charge in [0.15, 0.2) is 0 Å². The Morgan fingerprint density at radius 1 is 1.69 bits per heavy atom. The van der Waals surface area contributed by atoms with Crippen molar-refractivity contribution in [1.29, 1.82) is 0 Å². The van der Waals surface area contributed by atoms with Gasteiger partial charge in [0.2, 0.25) is 0 Å². The number of carboxylic acids is 1. The van der Waals surface area contributed by atoms with E-state index in [0.29, 0.717) is 12.4 Å². The van der Waals surface area contributed by atoms with Crippen LogP contribution < -0.4 is 4.90 Å². The first-order valence-corrected chi connectivity index (χ1v) is 4.81. The highest BCUT2D eigenvalue weighted by molar-refractivity contribution is 5.92. The smallest absolute Gasteiger partial charge is 0.341 e. The molecule has 0 amide bonds. The molecule has 0 atom stereocenters. The molecule has 5 nitrogen and oxygen atoms in total. The van der Waals surface area contributed by atoms with Crippen molar-refractivity contribution < 1.29 is 9.90 Å². The molecule has 1 aromatic rings. The Bertz CT molecular complexity index is 423. The van der Waals surface area contributed by atoms with Gasteiger partial charge in [0.25, 0.3) is 0 Å². The number of terminal acetylenes is 1. The Balaban J connectivity index is 3.19. The molecule has 0 bridgehead atoms. The van der Waals surface area contributed by atoms with Gasteiger partial charge >= 0.3 is 5.97 Å². The van der Waals surface area contributed by atoms with Crippen molar-refractivity contribution in [2.45, 2.75) is 19.9 Å². The quantitative estimate of drug-likeness (QED) is 0.766. The molecule has 0 saturated heterocycles. The summed E-state index contributed by atoms with van der Waals surface area (Å²) in [7, 11) is 0. The molecule has 0 fully saturated rings. The predicted octanol–water partition coefficient (Wildman–Crippen LogP) is 1.02. The summed E-state index contributed by atoms with van der Waals surface area (Å²) in [4.78, 5) is 20.4. The summed E-state index contributed by atoms with van der Waals surface area (Å²) >= 11 is 0. The highest BCUT2D eigenvalue weighted by atomic mass is 16.4. The Kier molecular flexibility index (Phi) is 3.84. The van der Waals surface area contributed by atoms with Crippen molar-refractivity contribution in [1.82, 2.24) is 9.97 Å². The Hall–Kier alpha value is -2.09. The van der Waals surface area contributed by atoms with Crippen LogP contribution in [0.25, 0.3) is 0 Å². The Labute approximate surface area is 94.1 Å². The monoisotopic (exact) mass is 219 g/mol. The van der Waals surface area contributed by atoms with Gasteiger partial charge in [-0.3, -0.25) is 0 Å². The van der Waals surface area contributed by atoms with E-state index in [-0.39, 0.29) is 11.6 Å². The maximum absolute atomic E-state index is 11.0. The second-order valence-corrected chi connectivity index (χ2v) is 3.49. The normalized spacial score (nSPS) is 9.88. The first-order valence-electron chi connectivity index (χ1n) is 4.81. The van der Waals surface area contributed by atoms with Gasteiger partial charge in [-0.2, -0.15) is 0 Å². The van der Waals surface area contributed by atoms with Gasteiger partial charge in [-0.25, -0.2) is 14.8 Å². The number of carboxylic acid groups (broad SMARTS) is 1. The lowest BCUT2D eigenvalue weighted by Crippen LogP contribution is -2.33. The van der Waals surface area contributed by atoms with Gasteiger partial charge in [-0.05, 0) is 13.8 Å². The fourth-order valence-electron chi connectivity index (χ4n) is 1.30. The van der Waals surface area contributed by atoms with Crippen molar-refractivity contribution in [2.75, 3.05) is 11.4 Å². The van der Waals surface area contributed by atoms with Crippen LogP contribution in [0.4, 0.5) is 5.82 Å². The van der Waals surface area contributed by atoms with E-state index in [2.05, 4.69) is 15.9 Å². The zero-order valence-corrected chi connectivity index (χ0v) is 9.21. The molecular weight excluding hydrogens is 206 g/mol. The molecule has 0 radical (unpaired) electrons. The summed E-state index contributed by atoms with van der Waals surface area (Å²) in [6.07, 6.45) is 7.84. The predicted molar refractivity (Wildman–Crippen MR) is 60.3 cm³/mol. The molecule has 1 rings (SSSR count). The van der Waals surface area contributed by atoms with E-state index in [0.717, 1.165) is 0 Å². The topological polar surface area (TPSA) is 66.3 Å². The third-order valence-electron chi connectivity index (χ3n) is 2.08. The van der Waals surface area contributed by atoms with E-state index < -0.39 is 5.97 Å². The second-order valence-electron chi connectivity index (χ2n) is 3.49. The van der Waals surface area contributed by atoms with Crippen LogP contribution in [-0.2, 0) is 0 Å². The van der Waals surface area contributed by atoms with Gasteiger partial charge in [0.1, 0.15) is 17.7 Å². The van der Waals surface area contributed by atoms with Gasteiger partial charge in [-0.1, -0.05) is 5.92 Å². The largest absolute Gasteiger partial charge is 0.477 e. The molecular formula is C11H13N3O2. The van der Waals surface area contributed by atoms with Crippen LogP contribution in [0.15, 0.2) is 12.5 Å². The number of nitrogens with zero attached hydrogens (tertiary/aromatic N) is 3. The highest BCUT2D eigenvalue weighted by Gasteiger charge is 2.19. The minimum atomic E-state index is -1.06. The lowest BCUT2D eigenvalue weighted by molar-refractivity contribution is 0.0696. The molecule has 0 aliphatic carbocycles. The van der Waals surface area contributed by atoms with Crippen LogP contribution >= 0.6 is 0 Å². The minimum Gasteiger partial charge on any atom is -0.477 e. The average Bonchev–Trinajstić information content (AvgIpc) is 2.25. The first kappa shape index (κ1) is 12.0. The zero-order chi connectivity index (χ0) is 12.1. The van der Waals surface area contributed by atoms with Crippen LogP contribution in [-0.4, -0.2) is 33.6 Å². The van der Waals surface area contributed by atoms with Crippen molar-refractivity contribution in [3.8, 4) is 12.3 Å². The molecule has 0 aromatic carbocycles. The van der Waals surface area contributed by atoms with Crippen molar-refractivity contribution in [3.05, 3.63) is 18.1 Å². The molecule has 0 unspecified atom stereocenters. The number of aromatic nitrogens is 2. The van der Waals surface area contributed by atoms with Crippen molar-refractivity contribution >= 4 is 11.8 Å². The van der Waals surface area contributed by atoms with Crippen LogP contribution in [0, 0.1) is 12.3 Å². The molecule has 1 heterocycles. The van der Waals surface area contributed by atoms with Crippen LogP contribution in [0.5, 0.6) is 0 Å². The van der Waals surface area contributed by atoms with Crippen molar-refractivity contribution in [3.63, 3.8) is 0 Å². The van der Waals surface area contributed by atoms with Crippen LogP contribution in [0.2, 0.25) is 0 Å². The first-order chi connectivity index (χ1) is 7.57. The molecule has 0 aliphatic rings. The summed E-state index contributed by atoms with van der Waals surface area (Å²) in [5, 5.41) is 9.01. The van der Waals surface area contributed by atoms with Gasteiger partial charge in [-0.15, -0.1) is 6.42 Å². The fourth-order valence-corrected chi connectivity index (χ4v) is 1.30. The number of anilines is 1. The molecule has 0 spiro atoms. The Morgan fingerprint density at radius 2 is 2.38 bits per heavy atom. The SMILES string of the molecule is C#CCN(c1ncncc1C(=O)O)C(C)C. The maximum Gasteiger partial charge on any atom is 0.341 e. The van der Waals surface area contributed by atoms with E-state index >= 15 is 0 Å². The number of rotatable bonds is 4. The van der Waals surface area contributed by atoms with E-state index in [9.17, 15) is 4.79 Å². The maximum atomic E-state index is 11.0. The lowest BCUT2D eigenvalue weighted by Gasteiger charge is -2.26. The van der Waals surface area contributed by atoms with Gasteiger partial charge in [0.05, 0.1) is 6.54 Å². The molecule has 1 N–H and O–H groups in total. The van der Waals surface area contributed by atoms with Crippen molar-refractivity contribution in [2.24, 2.45) is 0 Å². The molecule has 0 saturated carbocycles. The zero-order valence-electron chi connectivity index (χ0n) is 9.21. The average molecular weight is 219 g/mol. The molecule has 16 heavy (non-hydrogen) atoms. The number of carbonyl (C=O) groups is 1. The summed E-state index contributed by atoms with van der Waals surface area (Å²) in [6, 6.07) is 0.0732.